The van der Waals surface area contributed by atoms with Gasteiger partial charge in [0, 0.05) is 19.2 Å². The molecule has 0 atom stereocenters. The first-order valence-corrected chi connectivity index (χ1v) is 4.61. The number of aliphatic hydroxyl groups excluding tert-OH is 1. The molecule has 1 aromatic heterocycles. The number of aromatic nitrogens is 2. The molecule has 0 aliphatic carbocycles. The van der Waals surface area contributed by atoms with Gasteiger partial charge < -0.3 is 15.0 Å². The van der Waals surface area contributed by atoms with Crippen LogP contribution in [0, 0.1) is 6.92 Å². The number of hydrogen-bond donors (Lipinski definition) is 2. The second-order valence-electron chi connectivity index (χ2n) is 2.99. The average Bonchev–Trinajstić information content (AvgIpc) is 2.12. The maximum Gasteiger partial charge on any atom is 0.252 e. The van der Waals surface area contributed by atoms with E-state index in [2.05, 4.69) is 9.97 Å². The summed E-state index contributed by atoms with van der Waals surface area (Å²) in [6, 6.07) is 1.44. The van der Waals surface area contributed by atoms with Crippen LogP contribution in [0.3, 0.4) is 0 Å². The number of likely N-dealkylation sites (N-methyl/N-ethyl adjacent to an activating group) is 1. The summed E-state index contributed by atoms with van der Waals surface area (Å²) < 4.78 is 0. The van der Waals surface area contributed by atoms with Crippen LogP contribution in [0.25, 0.3) is 0 Å². The van der Waals surface area contributed by atoms with E-state index in [1.807, 2.05) is 11.8 Å². The van der Waals surface area contributed by atoms with Gasteiger partial charge in [0.2, 0.25) is 0 Å². The fourth-order valence-corrected chi connectivity index (χ4v) is 1.28. The predicted molar refractivity (Wildman–Crippen MR) is 54.6 cm³/mol. The Morgan fingerprint density at radius 1 is 1.64 bits per heavy atom. The minimum absolute atomic E-state index is 0.0569. The van der Waals surface area contributed by atoms with Gasteiger partial charge in [0.15, 0.2) is 0 Å². The molecule has 14 heavy (non-hydrogen) atoms. The largest absolute Gasteiger partial charge is 0.395 e. The third-order valence-corrected chi connectivity index (χ3v) is 1.92. The van der Waals surface area contributed by atoms with E-state index in [1.165, 1.54) is 6.07 Å². The SMILES string of the molecule is CCN(CCO)c1cc(=O)[nH]c(C)n1. The Hall–Kier alpha value is -1.36. The molecule has 78 valence electrons. The summed E-state index contributed by atoms with van der Waals surface area (Å²) in [5.41, 5.74) is -0.163. The van der Waals surface area contributed by atoms with E-state index in [0.29, 0.717) is 18.2 Å². The third kappa shape index (κ3) is 2.56. The van der Waals surface area contributed by atoms with E-state index in [9.17, 15) is 4.79 Å². The molecule has 5 heteroatoms. The molecule has 0 saturated carbocycles. The van der Waals surface area contributed by atoms with Crippen LogP contribution in [0.5, 0.6) is 0 Å². The van der Waals surface area contributed by atoms with Gasteiger partial charge >= 0.3 is 0 Å². The van der Waals surface area contributed by atoms with E-state index < -0.39 is 0 Å². The average molecular weight is 197 g/mol. The lowest BCUT2D eigenvalue weighted by Crippen LogP contribution is -2.28. The van der Waals surface area contributed by atoms with Gasteiger partial charge in [-0.1, -0.05) is 0 Å². The van der Waals surface area contributed by atoms with E-state index in [4.69, 9.17) is 5.11 Å². The quantitative estimate of drug-likeness (QED) is 0.707. The van der Waals surface area contributed by atoms with Gasteiger partial charge in [0.25, 0.3) is 5.56 Å². The number of aromatic amines is 1. The smallest absolute Gasteiger partial charge is 0.252 e. The van der Waals surface area contributed by atoms with Gasteiger partial charge in [-0.3, -0.25) is 4.79 Å². The van der Waals surface area contributed by atoms with Gasteiger partial charge in [-0.25, -0.2) is 4.98 Å². The number of aryl methyl sites for hydroxylation is 1. The van der Waals surface area contributed by atoms with Crippen molar-refractivity contribution in [3.05, 3.63) is 22.2 Å². The monoisotopic (exact) mass is 197 g/mol. The van der Waals surface area contributed by atoms with Gasteiger partial charge in [0.05, 0.1) is 6.61 Å². The van der Waals surface area contributed by atoms with Crippen molar-refractivity contribution in [1.29, 1.82) is 0 Å². The zero-order valence-electron chi connectivity index (χ0n) is 8.45. The summed E-state index contributed by atoms with van der Waals surface area (Å²) in [5, 5.41) is 8.81. The summed E-state index contributed by atoms with van der Waals surface area (Å²) in [4.78, 5) is 19.8. The molecule has 0 amide bonds. The van der Waals surface area contributed by atoms with Crippen molar-refractivity contribution in [3.8, 4) is 0 Å². The Bertz CT molecular complexity index is 348. The Balaban J connectivity index is 2.97. The Kier molecular flexibility index (Phi) is 3.64. The molecule has 1 aromatic rings. The number of aliphatic hydroxyl groups is 1. The predicted octanol–water partition coefficient (Wildman–Crippen LogP) is -0.103. The summed E-state index contributed by atoms with van der Waals surface area (Å²) >= 11 is 0. The molecule has 0 saturated heterocycles. The minimum Gasteiger partial charge on any atom is -0.395 e. The normalized spacial score (nSPS) is 10.2. The van der Waals surface area contributed by atoms with Crippen molar-refractivity contribution in [1.82, 2.24) is 9.97 Å². The molecular weight excluding hydrogens is 182 g/mol. The maximum atomic E-state index is 11.2. The molecule has 2 N–H and O–H groups in total. The summed E-state index contributed by atoms with van der Waals surface area (Å²) in [6.45, 7) is 4.95. The van der Waals surface area contributed by atoms with Crippen molar-refractivity contribution in [2.45, 2.75) is 13.8 Å². The second kappa shape index (κ2) is 4.76. The van der Waals surface area contributed by atoms with Crippen molar-refractivity contribution in [3.63, 3.8) is 0 Å². The summed E-state index contributed by atoms with van der Waals surface area (Å²) in [7, 11) is 0. The van der Waals surface area contributed by atoms with Crippen molar-refractivity contribution >= 4 is 5.82 Å². The number of rotatable bonds is 4. The lowest BCUT2D eigenvalue weighted by atomic mass is 10.4. The number of nitrogens with one attached hydrogen (secondary N) is 1. The fraction of sp³-hybridized carbons (Fsp3) is 0.556. The topological polar surface area (TPSA) is 69.2 Å². The van der Waals surface area contributed by atoms with Crippen LogP contribution in [0.1, 0.15) is 12.7 Å². The van der Waals surface area contributed by atoms with Crippen LogP contribution < -0.4 is 10.5 Å². The Labute approximate surface area is 82.4 Å². The zero-order valence-corrected chi connectivity index (χ0v) is 8.45. The second-order valence-corrected chi connectivity index (χ2v) is 2.99. The fourth-order valence-electron chi connectivity index (χ4n) is 1.28. The highest BCUT2D eigenvalue weighted by atomic mass is 16.3. The molecule has 0 aromatic carbocycles. The first-order chi connectivity index (χ1) is 6.67. The van der Waals surface area contributed by atoms with Gasteiger partial charge in [-0.15, -0.1) is 0 Å². The highest BCUT2D eigenvalue weighted by Crippen LogP contribution is 2.06. The molecule has 0 spiro atoms. The van der Waals surface area contributed by atoms with Crippen molar-refractivity contribution < 1.29 is 5.11 Å². The van der Waals surface area contributed by atoms with E-state index >= 15 is 0 Å². The van der Waals surface area contributed by atoms with Crippen molar-refractivity contribution in [2.75, 3.05) is 24.6 Å². The molecule has 1 heterocycles. The summed E-state index contributed by atoms with van der Waals surface area (Å²) in [5.74, 6) is 1.20. The van der Waals surface area contributed by atoms with Crippen LogP contribution >= 0.6 is 0 Å². The lowest BCUT2D eigenvalue weighted by molar-refractivity contribution is 0.302. The van der Waals surface area contributed by atoms with E-state index in [1.54, 1.807) is 6.92 Å². The van der Waals surface area contributed by atoms with Gasteiger partial charge in [0.1, 0.15) is 11.6 Å². The maximum absolute atomic E-state index is 11.2. The van der Waals surface area contributed by atoms with Gasteiger partial charge in [-0.05, 0) is 13.8 Å². The van der Waals surface area contributed by atoms with E-state index in [0.717, 1.165) is 6.54 Å². The molecule has 5 nitrogen and oxygen atoms in total. The molecule has 0 aliphatic rings. The molecule has 0 aliphatic heterocycles. The lowest BCUT2D eigenvalue weighted by Gasteiger charge is -2.20. The minimum atomic E-state index is -0.163. The van der Waals surface area contributed by atoms with E-state index in [-0.39, 0.29) is 12.2 Å². The van der Waals surface area contributed by atoms with Crippen LogP contribution in [-0.4, -0.2) is 34.8 Å². The van der Waals surface area contributed by atoms with Crippen LogP contribution in [0.15, 0.2) is 10.9 Å². The van der Waals surface area contributed by atoms with Crippen molar-refractivity contribution in [2.24, 2.45) is 0 Å². The molecule has 0 fully saturated rings. The molecular formula is C9H15N3O2. The third-order valence-electron chi connectivity index (χ3n) is 1.92. The number of anilines is 1. The highest BCUT2D eigenvalue weighted by Gasteiger charge is 2.05. The molecule has 1 rings (SSSR count). The standard InChI is InChI=1S/C9H15N3O2/c1-3-12(4-5-13)8-6-9(14)11-7(2)10-8/h6,13H,3-5H2,1-2H3,(H,10,11,14). The summed E-state index contributed by atoms with van der Waals surface area (Å²) in [6.07, 6.45) is 0. The molecule has 0 radical (unpaired) electrons. The van der Waals surface area contributed by atoms with Crippen LogP contribution in [0.4, 0.5) is 5.82 Å². The first kappa shape index (κ1) is 10.7. The van der Waals surface area contributed by atoms with Gasteiger partial charge in [-0.2, -0.15) is 0 Å². The molecule has 0 bridgehead atoms. The zero-order chi connectivity index (χ0) is 10.6. The number of H-pyrrole nitrogens is 1. The van der Waals surface area contributed by atoms with Crippen LogP contribution in [0.2, 0.25) is 0 Å². The first-order valence-electron chi connectivity index (χ1n) is 4.61. The number of hydrogen-bond acceptors (Lipinski definition) is 4. The Morgan fingerprint density at radius 3 is 2.86 bits per heavy atom. The highest BCUT2D eigenvalue weighted by molar-refractivity contribution is 5.36. The van der Waals surface area contributed by atoms with Crippen LogP contribution in [-0.2, 0) is 0 Å². The Morgan fingerprint density at radius 2 is 2.36 bits per heavy atom. The number of nitrogens with zero attached hydrogens (tertiary/aromatic N) is 2. The molecule has 0 unspecified atom stereocenters.